The molecule has 0 saturated carbocycles. The maximum absolute atomic E-state index is 12.0. The fourth-order valence-electron chi connectivity index (χ4n) is 1.79. The molecule has 2 aromatic carbocycles. The third kappa shape index (κ3) is 3.68. The molecular formula is C15H14BrClN2O2. The van der Waals surface area contributed by atoms with Gasteiger partial charge >= 0.3 is 5.97 Å². The number of hydrogen-bond acceptors (Lipinski definition) is 4. The molecule has 0 heterocycles. The number of ether oxygens (including phenoxy) is 1. The van der Waals surface area contributed by atoms with Gasteiger partial charge in [0.2, 0.25) is 0 Å². The highest BCUT2D eigenvalue weighted by atomic mass is 79.9. The number of nitrogen functional groups attached to an aromatic ring is 1. The first kappa shape index (κ1) is 15.7. The second-order valence-corrected chi connectivity index (χ2v) is 5.45. The lowest BCUT2D eigenvalue weighted by Gasteiger charge is -2.14. The molecule has 0 aliphatic rings. The first-order valence-electron chi connectivity index (χ1n) is 6.30. The summed E-state index contributed by atoms with van der Waals surface area (Å²) < 4.78 is 5.76. The molecule has 0 unspecified atom stereocenters. The minimum absolute atomic E-state index is 0.300. The van der Waals surface area contributed by atoms with Gasteiger partial charge in [0.1, 0.15) is 0 Å². The smallest absolute Gasteiger partial charge is 0.340 e. The summed E-state index contributed by atoms with van der Waals surface area (Å²) in [7, 11) is 0. The lowest BCUT2D eigenvalue weighted by molar-refractivity contribution is 0.0527. The molecule has 110 valence electrons. The summed E-state index contributed by atoms with van der Waals surface area (Å²) in [5, 5.41) is 3.74. The van der Waals surface area contributed by atoms with E-state index in [1.165, 1.54) is 0 Å². The number of carbonyl (C=O) groups excluding carboxylic acids is 1. The van der Waals surface area contributed by atoms with Crippen LogP contribution >= 0.6 is 27.5 Å². The molecule has 0 aliphatic carbocycles. The molecule has 0 fully saturated rings. The Bertz CT molecular complexity index is 677. The Balaban J connectivity index is 2.40. The van der Waals surface area contributed by atoms with Crippen LogP contribution in [0, 0.1) is 0 Å². The van der Waals surface area contributed by atoms with Crippen molar-refractivity contribution in [2.24, 2.45) is 0 Å². The molecule has 2 aromatic rings. The van der Waals surface area contributed by atoms with Gasteiger partial charge in [-0.05, 0) is 53.2 Å². The minimum Gasteiger partial charge on any atom is -0.462 e. The van der Waals surface area contributed by atoms with Gasteiger partial charge in [0.05, 0.1) is 33.0 Å². The van der Waals surface area contributed by atoms with E-state index in [9.17, 15) is 4.79 Å². The number of anilines is 3. The second-order valence-electron chi connectivity index (χ2n) is 4.25. The maximum atomic E-state index is 12.0. The molecule has 0 atom stereocenters. The van der Waals surface area contributed by atoms with Crippen molar-refractivity contribution in [3.05, 3.63) is 51.5 Å². The van der Waals surface area contributed by atoms with E-state index >= 15 is 0 Å². The van der Waals surface area contributed by atoms with Crippen molar-refractivity contribution in [1.82, 2.24) is 0 Å². The minimum atomic E-state index is -0.426. The van der Waals surface area contributed by atoms with E-state index in [0.29, 0.717) is 28.6 Å². The van der Waals surface area contributed by atoms with Crippen molar-refractivity contribution in [3.63, 3.8) is 0 Å². The van der Waals surface area contributed by atoms with Crippen LogP contribution in [-0.2, 0) is 4.74 Å². The lowest BCUT2D eigenvalue weighted by atomic mass is 10.1. The number of halogens is 2. The zero-order valence-electron chi connectivity index (χ0n) is 11.3. The van der Waals surface area contributed by atoms with Crippen LogP contribution in [0.1, 0.15) is 17.3 Å². The van der Waals surface area contributed by atoms with Gasteiger partial charge in [-0.2, -0.15) is 0 Å². The molecule has 21 heavy (non-hydrogen) atoms. The molecule has 0 amide bonds. The number of nitrogens with two attached hydrogens (primary N) is 1. The van der Waals surface area contributed by atoms with Gasteiger partial charge < -0.3 is 15.8 Å². The van der Waals surface area contributed by atoms with Gasteiger partial charge in [-0.15, -0.1) is 0 Å². The van der Waals surface area contributed by atoms with E-state index in [4.69, 9.17) is 22.1 Å². The number of benzene rings is 2. The quantitative estimate of drug-likeness (QED) is 0.610. The number of nitrogens with one attached hydrogen (secondary N) is 1. The highest BCUT2D eigenvalue weighted by Gasteiger charge is 2.14. The Morgan fingerprint density at radius 3 is 2.81 bits per heavy atom. The molecule has 0 aromatic heterocycles. The third-order valence-corrected chi connectivity index (χ3v) is 4.16. The first-order valence-corrected chi connectivity index (χ1v) is 7.47. The van der Waals surface area contributed by atoms with E-state index in [1.54, 1.807) is 31.2 Å². The third-order valence-electron chi connectivity index (χ3n) is 2.76. The van der Waals surface area contributed by atoms with Gasteiger partial charge in [0, 0.05) is 5.69 Å². The Morgan fingerprint density at radius 2 is 2.10 bits per heavy atom. The number of carbonyl (C=O) groups is 1. The topological polar surface area (TPSA) is 64.3 Å². The van der Waals surface area contributed by atoms with Crippen molar-refractivity contribution in [1.29, 1.82) is 0 Å². The maximum Gasteiger partial charge on any atom is 0.340 e. The molecule has 0 aliphatic heterocycles. The molecule has 0 saturated heterocycles. The summed E-state index contributed by atoms with van der Waals surface area (Å²) >= 11 is 9.47. The van der Waals surface area contributed by atoms with Crippen LogP contribution in [-0.4, -0.2) is 12.6 Å². The molecule has 6 heteroatoms. The highest BCUT2D eigenvalue weighted by molar-refractivity contribution is 9.10. The van der Waals surface area contributed by atoms with E-state index in [-0.39, 0.29) is 0 Å². The second kappa shape index (κ2) is 6.83. The number of hydrogen-bond donors (Lipinski definition) is 2. The van der Waals surface area contributed by atoms with E-state index in [2.05, 4.69) is 21.2 Å². The van der Waals surface area contributed by atoms with Crippen LogP contribution in [0.2, 0.25) is 5.02 Å². The van der Waals surface area contributed by atoms with Crippen molar-refractivity contribution >= 4 is 50.6 Å². The standard InChI is InChI=1S/C15H14BrClN2O2/c1-2-21-15(20)10-8-9(18)6-7-12(10)19-13-5-3-4-11(17)14(13)16/h3-8,19H,2,18H2,1H3. The van der Waals surface area contributed by atoms with Crippen LogP contribution in [0.4, 0.5) is 17.1 Å². The van der Waals surface area contributed by atoms with Crippen LogP contribution in [0.5, 0.6) is 0 Å². The molecule has 4 nitrogen and oxygen atoms in total. The molecule has 0 spiro atoms. The van der Waals surface area contributed by atoms with Crippen LogP contribution in [0.3, 0.4) is 0 Å². The fourth-order valence-corrected chi connectivity index (χ4v) is 2.33. The lowest BCUT2D eigenvalue weighted by Crippen LogP contribution is -2.09. The first-order chi connectivity index (χ1) is 10.0. The molecular weight excluding hydrogens is 356 g/mol. The predicted octanol–water partition coefficient (Wildman–Crippen LogP) is 4.61. The van der Waals surface area contributed by atoms with Crippen LogP contribution in [0.25, 0.3) is 0 Å². The summed E-state index contributed by atoms with van der Waals surface area (Å²) in [6.07, 6.45) is 0. The van der Waals surface area contributed by atoms with Gasteiger partial charge in [-0.1, -0.05) is 17.7 Å². The van der Waals surface area contributed by atoms with Crippen molar-refractivity contribution in [2.45, 2.75) is 6.92 Å². The average molecular weight is 370 g/mol. The highest BCUT2D eigenvalue weighted by Crippen LogP contribution is 2.33. The Hall–Kier alpha value is -1.72. The van der Waals surface area contributed by atoms with Gasteiger partial charge in [0.15, 0.2) is 0 Å². The Morgan fingerprint density at radius 1 is 1.33 bits per heavy atom. The molecule has 3 N–H and O–H groups in total. The van der Waals surface area contributed by atoms with Gasteiger partial charge in [-0.3, -0.25) is 0 Å². The summed E-state index contributed by atoms with van der Waals surface area (Å²) in [5.74, 6) is -0.426. The van der Waals surface area contributed by atoms with E-state index in [1.807, 2.05) is 12.1 Å². The molecule has 2 rings (SSSR count). The zero-order valence-corrected chi connectivity index (χ0v) is 13.7. The normalized spacial score (nSPS) is 10.2. The predicted molar refractivity (Wildman–Crippen MR) is 89.2 cm³/mol. The largest absolute Gasteiger partial charge is 0.462 e. The monoisotopic (exact) mass is 368 g/mol. The average Bonchev–Trinajstić information content (AvgIpc) is 2.46. The number of rotatable bonds is 4. The van der Waals surface area contributed by atoms with Crippen LogP contribution < -0.4 is 11.1 Å². The summed E-state index contributed by atoms with van der Waals surface area (Å²) in [6.45, 7) is 2.05. The Kier molecular flexibility index (Phi) is 5.09. The number of esters is 1. The summed E-state index contributed by atoms with van der Waals surface area (Å²) in [5.41, 5.74) is 7.97. The summed E-state index contributed by atoms with van der Waals surface area (Å²) in [6, 6.07) is 10.5. The molecule has 0 bridgehead atoms. The van der Waals surface area contributed by atoms with Gasteiger partial charge in [-0.25, -0.2) is 4.79 Å². The Labute approximate surface area is 136 Å². The van der Waals surface area contributed by atoms with Crippen LogP contribution in [0.15, 0.2) is 40.9 Å². The zero-order chi connectivity index (χ0) is 15.4. The van der Waals surface area contributed by atoms with Gasteiger partial charge in [0.25, 0.3) is 0 Å². The van der Waals surface area contributed by atoms with E-state index < -0.39 is 5.97 Å². The van der Waals surface area contributed by atoms with Crippen molar-refractivity contribution in [3.8, 4) is 0 Å². The summed E-state index contributed by atoms with van der Waals surface area (Å²) in [4.78, 5) is 12.0. The van der Waals surface area contributed by atoms with E-state index in [0.717, 1.165) is 10.2 Å². The van der Waals surface area contributed by atoms with Crippen molar-refractivity contribution < 1.29 is 9.53 Å². The SMILES string of the molecule is CCOC(=O)c1cc(N)ccc1Nc1cccc(Cl)c1Br. The van der Waals surface area contributed by atoms with Crippen molar-refractivity contribution in [2.75, 3.05) is 17.7 Å². The molecule has 0 radical (unpaired) electrons. The fraction of sp³-hybridized carbons (Fsp3) is 0.133.